The molecule has 0 amide bonds. The topological polar surface area (TPSA) is 76.5 Å². The maximum Gasteiger partial charge on any atom is 0.147 e. The summed E-state index contributed by atoms with van der Waals surface area (Å²) >= 11 is 0. The molecule has 0 fully saturated rings. The summed E-state index contributed by atoms with van der Waals surface area (Å²) in [6.07, 6.45) is 1.67. The zero-order valence-corrected chi connectivity index (χ0v) is 17.1. The molecule has 4 rings (SSSR count). The van der Waals surface area contributed by atoms with Crippen LogP contribution in [0.2, 0.25) is 0 Å². The summed E-state index contributed by atoms with van der Waals surface area (Å²) in [6, 6.07) is 18.6. The maximum absolute atomic E-state index is 11.1. The van der Waals surface area contributed by atoms with Crippen molar-refractivity contribution in [2.45, 2.75) is 13.0 Å². The van der Waals surface area contributed by atoms with Gasteiger partial charge in [-0.1, -0.05) is 24.3 Å². The Balaban J connectivity index is 1.89. The van der Waals surface area contributed by atoms with Gasteiger partial charge in [0, 0.05) is 34.5 Å². The molecule has 0 aliphatic heterocycles. The number of nitrogens with zero attached hydrogens (tertiary/aromatic N) is 2. The molecule has 0 bridgehead atoms. The van der Waals surface area contributed by atoms with E-state index in [4.69, 9.17) is 9.47 Å². The van der Waals surface area contributed by atoms with Gasteiger partial charge in [-0.2, -0.15) is 0 Å². The molecule has 1 unspecified atom stereocenters. The van der Waals surface area contributed by atoms with Crippen molar-refractivity contribution in [3.63, 3.8) is 0 Å². The van der Waals surface area contributed by atoms with E-state index in [1.807, 2.05) is 67.6 Å². The van der Waals surface area contributed by atoms with Gasteiger partial charge in [-0.25, -0.2) is 4.98 Å². The molecule has 2 aromatic carbocycles. The van der Waals surface area contributed by atoms with Crippen LogP contribution in [0.15, 0.2) is 66.9 Å². The molecule has 0 spiro atoms. The molecule has 30 heavy (non-hydrogen) atoms. The van der Waals surface area contributed by atoms with E-state index in [0.29, 0.717) is 28.4 Å². The van der Waals surface area contributed by atoms with Crippen molar-refractivity contribution in [1.29, 1.82) is 0 Å². The van der Waals surface area contributed by atoms with Crippen molar-refractivity contribution in [3.05, 3.63) is 83.7 Å². The first kappa shape index (κ1) is 19.5. The summed E-state index contributed by atoms with van der Waals surface area (Å²) in [5.74, 6) is 2.14. The molecule has 0 saturated heterocycles. The van der Waals surface area contributed by atoms with Crippen LogP contribution in [0.4, 0.5) is 5.82 Å². The molecule has 152 valence electrons. The Labute approximate surface area is 175 Å². The molecule has 0 aliphatic carbocycles. The second-order valence-corrected chi connectivity index (χ2v) is 6.93. The number of phenolic OH excluding ortho intramolecular Hbond substituents is 1. The first-order valence-corrected chi connectivity index (χ1v) is 9.59. The van der Waals surface area contributed by atoms with Crippen LogP contribution in [0.5, 0.6) is 17.2 Å². The third-order valence-corrected chi connectivity index (χ3v) is 5.02. The fourth-order valence-electron chi connectivity index (χ4n) is 3.53. The Morgan fingerprint density at radius 1 is 0.933 bits per heavy atom. The van der Waals surface area contributed by atoms with E-state index in [2.05, 4.69) is 15.3 Å². The molecule has 0 saturated carbocycles. The molecule has 2 heterocycles. The Kier molecular flexibility index (Phi) is 5.39. The van der Waals surface area contributed by atoms with Crippen LogP contribution < -0.4 is 14.8 Å². The summed E-state index contributed by atoms with van der Waals surface area (Å²) in [5.41, 5.74) is 2.96. The summed E-state index contributed by atoms with van der Waals surface area (Å²) in [5, 5.41) is 15.4. The molecule has 0 aliphatic rings. The standard InChI is InChI=1S/C24H23N3O3/c1-15-6-4-8-21(26-15)27-23(18-12-10-17(29-2)14-20(18)30-3)19-11-9-16-7-5-13-25-22(16)24(19)28/h4-14,23,28H,1-3H3,(H,26,27). The van der Waals surface area contributed by atoms with E-state index >= 15 is 0 Å². The van der Waals surface area contributed by atoms with Crippen LogP contribution in [-0.2, 0) is 0 Å². The van der Waals surface area contributed by atoms with Gasteiger partial charge in [0.25, 0.3) is 0 Å². The van der Waals surface area contributed by atoms with Gasteiger partial charge < -0.3 is 19.9 Å². The molecule has 2 aromatic heterocycles. The highest BCUT2D eigenvalue weighted by Crippen LogP contribution is 2.40. The van der Waals surface area contributed by atoms with Crippen molar-refractivity contribution in [2.24, 2.45) is 0 Å². The second kappa shape index (κ2) is 8.29. The third kappa shape index (κ3) is 3.72. The predicted octanol–water partition coefficient (Wildman–Crippen LogP) is 4.86. The first-order chi connectivity index (χ1) is 14.6. The number of phenols is 1. The predicted molar refractivity (Wildman–Crippen MR) is 117 cm³/mol. The van der Waals surface area contributed by atoms with Crippen molar-refractivity contribution >= 4 is 16.7 Å². The average Bonchev–Trinajstić information content (AvgIpc) is 2.78. The lowest BCUT2D eigenvalue weighted by Gasteiger charge is -2.24. The minimum atomic E-state index is -0.424. The molecule has 4 aromatic rings. The quantitative estimate of drug-likeness (QED) is 0.480. The number of rotatable bonds is 6. The molecule has 6 nitrogen and oxygen atoms in total. The van der Waals surface area contributed by atoms with Crippen LogP contribution in [0.3, 0.4) is 0 Å². The largest absolute Gasteiger partial charge is 0.505 e. The smallest absolute Gasteiger partial charge is 0.147 e. The van der Waals surface area contributed by atoms with Gasteiger partial charge in [0.2, 0.25) is 0 Å². The number of benzene rings is 2. The Morgan fingerprint density at radius 2 is 1.77 bits per heavy atom. The first-order valence-electron chi connectivity index (χ1n) is 9.59. The minimum Gasteiger partial charge on any atom is -0.505 e. The van der Waals surface area contributed by atoms with Gasteiger partial charge >= 0.3 is 0 Å². The highest BCUT2D eigenvalue weighted by molar-refractivity contribution is 5.86. The van der Waals surface area contributed by atoms with E-state index in [1.165, 1.54) is 0 Å². The normalized spacial score (nSPS) is 11.8. The van der Waals surface area contributed by atoms with Crippen molar-refractivity contribution < 1.29 is 14.6 Å². The molecule has 6 heteroatoms. The monoisotopic (exact) mass is 401 g/mol. The number of aromatic hydroxyl groups is 1. The van der Waals surface area contributed by atoms with Gasteiger partial charge in [-0.3, -0.25) is 4.98 Å². The number of anilines is 1. The molecular weight excluding hydrogens is 378 g/mol. The number of hydrogen-bond donors (Lipinski definition) is 2. The van der Waals surface area contributed by atoms with Crippen LogP contribution in [0.1, 0.15) is 22.9 Å². The van der Waals surface area contributed by atoms with E-state index in [1.54, 1.807) is 20.4 Å². The van der Waals surface area contributed by atoms with Crippen LogP contribution in [0, 0.1) is 6.92 Å². The van der Waals surface area contributed by atoms with Crippen LogP contribution >= 0.6 is 0 Å². The van der Waals surface area contributed by atoms with Crippen molar-refractivity contribution in [3.8, 4) is 17.2 Å². The zero-order valence-electron chi connectivity index (χ0n) is 17.1. The highest BCUT2D eigenvalue weighted by Gasteiger charge is 2.24. The van der Waals surface area contributed by atoms with Gasteiger partial charge in [0.15, 0.2) is 0 Å². The Morgan fingerprint density at radius 3 is 2.53 bits per heavy atom. The lowest BCUT2D eigenvalue weighted by atomic mass is 9.95. The number of hydrogen-bond acceptors (Lipinski definition) is 6. The summed E-state index contributed by atoms with van der Waals surface area (Å²) in [6.45, 7) is 1.94. The third-order valence-electron chi connectivity index (χ3n) is 5.02. The van der Waals surface area contributed by atoms with E-state index in [-0.39, 0.29) is 5.75 Å². The molecular formula is C24H23N3O3. The molecule has 2 N–H and O–H groups in total. The average molecular weight is 401 g/mol. The Bertz CT molecular complexity index is 1190. The summed E-state index contributed by atoms with van der Waals surface area (Å²) in [4.78, 5) is 8.94. The number of fused-ring (bicyclic) bond motifs is 1. The van der Waals surface area contributed by atoms with E-state index in [0.717, 1.165) is 16.6 Å². The Hall–Kier alpha value is -3.80. The molecule has 1 atom stereocenters. The minimum absolute atomic E-state index is 0.121. The van der Waals surface area contributed by atoms with Crippen molar-refractivity contribution in [1.82, 2.24) is 9.97 Å². The van der Waals surface area contributed by atoms with Crippen molar-refractivity contribution in [2.75, 3.05) is 19.5 Å². The number of methoxy groups -OCH3 is 2. The highest BCUT2D eigenvalue weighted by atomic mass is 16.5. The maximum atomic E-state index is 11.1. The van der Waals surface area contributed by atoms with Gasteiger partial charge in [0.1, 0.15) is 28.6 Å². The number of nitrogens with one attached hydrogen (secondary N) is 1. The summed E-state index contributed by atoms with van der Waals surface area (Å²) < 4.78 is 11.0. The van der Waals surface area contributed by atoms with Gasteiger partial charge in [-0.15, -0.1) is 0 Å². The molecule has 0 radical (unpaired) electrons. The SMILES string of the molecule is COc1ccc(C(Nc2cccc(C)n2)c2ccc3cccnc3c2O)c(OC)c1. The second-order valence-electron chi connectivity index (χ2n) is 6.93. The lowest BCUT2D eigenvalue weighted by molar-refractivity contribution is 0.390. The fraction of sp³-hybridized carbons (Fsp3) is 0.167. The lowest BCUT2D eigenvalue weighted by Crippen LogP contribution is -2.15. The fourth-order valence-corrected chi connectivity index (χ4v) is 3.53. The van der Waals surface area contributed by atoms with Crippen LogP contribution in [-0.4, -0.2) is 29.3 Å². The van der Waals surface area contributed by atoms with E-state index < -0.39 is 6.04 Å². The van der Waals surface area contributed by atoms with Gasteiger partial charge in [-0.05, 0) is 37.3 Å². The van der Waals surface area contributed by atoms with Crippen LogP contribution in [0.25, 0.3) is 10.9 Å². The summed E-state index contributed by atoms with van der Waals surface area (Å²) in [7, 11) is 3.23. The number of pyridine rings is 2. The van der Waals surface area contributed by atoms with Gasteiger partial charge in [0.05, 0.1) is 20.3 Å². The number of ether oxygens (including phenoxy) is 2. The number of aromatic nitrogens is 2. The zero-order chi connectivity index (χ0) is 21.1. The number of aryl methyl sites for hydroxylation is 1. The van der Waals surface area contributed by atoms with E-state index in [9.17, 15) is 5.11 Å².